The van der Waals surface area contributed by atoms with Crippen molar-refractivity contribution in [3.05, 3.63) is 52.0 Å². The van der Waals surface area contributed by atoms with Gasteiger partial charge in [0.15, 0.2) is 0 Å². The summed E-state index contributed by atoms with van der Waals surface area (Å²) in [6, 6.07) is 8.11. The Bertz CT molecular complexity index is 700. The molecule has 0 saturated carbocycles. The summed E-state index contributed by atoms with van der Waals surface area (Å²) in [5.41, 5.74) is 1.05. The second-order valence-electron chi connectivity index (χ2n) is 5.16. The highest BCUT2D eigenvalue weighted by molar-refractivity contribution is 7.09. The van der Waals surface area contributed by atoms with Crippen molar-refractivity contribution in [3.63, 3.8) is 0 Å². The van der Waals surface area contributed by atoms with Gasteiger partial charge in [-0.1, -0.05) is 12.1 Å². The number of rotatable bonds is 4. The SMILES string of the molecule is O=C1CC(C(=O)NCCc2cccs2)c2ccc(F)cc2N1. The summed E-state index contributed by atoms with van der Waals surface area (Å²) in [5, 5.41) is 7.46. The Morgan fingerprint density at radius 3 is 3.05 bits per heavy atom. The number of nitrogens with one attached hydrogen (secondary N) is 2. The van der Waals surface area contributed by atoms with Crippen LogP contribution in [-0.2, 0) is 16.0 Å². The van der Waals surface area contributed by atoms with Crippen LogP contribution < -0.4 is 10.6 Å². The first-order valence-electron chi connectivity index (χ1n) is 7.03. The number of hydrogen-bond acceptors (Lipinski definition) is 3. The van der Waals surface area contributed by atoms with Gasteiger partial charge < -0.3 is 10.6 Å². The molecule has 2 N–H and O–H groups in total. The Balaban J connectivity index is 1.68. The summed E-state index contributed by atoms with van der Waals surface area (Å²) >= 11 is 1.64. The smallest absolute Gasteiger partial charge is 0.228 e. The fourth-order valence-electron chi connectivity index (χ4n) is 2.56. The van der Waals surface area contributed by atoms with Crippen LogP contribution in [0.1, 0.15) is 22.8 Å². The quantitative estimate of drug-likeness (QED) is 0.910. The number of thiophene rings is 1. The Morgan fingerprint density at radius 1 is 1.41 bits per heavy atom. The van der Waals surface area contributed by atoms with E-state index in [1.807, 2.05) is 17.5 Å². The van der Waals surface area contributed by atoms with Crippen LogP contribution in [0.25, 0.3) is 0 Å². The van der Waals surface area contributed by atoms with Gasteiger partial charge in [0.2, 0.25) is 11.8 Å². The van der Waals surface area contributed by atoms with Crippen molar-refractivity contribution in [1.82, 2.24) is 5.32 Å². The van der Waals surface area contributed by atoms with Gasteiger partial charge in [-0.05, 0) is 35.6 Å². The predicted molar refractivity (Wildman–Crippen MR) is 83.4 cm³/mol. The zero-order valence-corrected chi connectivity index (χ0v) is 12.6. The molecule has 0 aliphatic carbocycles. The molecular weight excluding hydrogens is 303 g/mol. The first-order valence-corrected chi connectivity index (χ1v) is 7.91. The molecule has 0 bridgehead atoms. The van der Waals surface area contributed by atoms with E-state index in [1.165, 1.54) is 17.0 Å². The fraction of sp³-hybridized carbons (Fsp3) is 0.250. The lowest BCUT2D eigenvalue weighted by Crippen LogP contribution is -2.35. The average molecular weight is 318 g/mol. The standard InChI is InChI=1S/C16H15FN2O2S/c17-10-3-4-12-13(9-15(20)19-14(12)8-10)16(21)18-6-5-11-2-1-7-22-11/h1-4,7-8,13H,5-6,9H2,(H,18,21)(H,19,20). The molecule has 3 rings (SSSR count). The van der Waals surface area contributed by atoms with Crippen molar-refractivity contribution >= 4 is 28.8 Å². The number of amides is 2. The van der Waals surface area contributed by atoms with Gasteiger partial charge in [0.25, 0.3) is 0 Å². The predicted octanol–water partition coefficient (Wildman–Crippen LogP) is 2.67. The Hall–Kier alpha value is -2.21. The summed E-state index contributed by atoms with van der Waals surface area (Å²) < 4.78 is 13.3. The van der Waals surface area contributed by atoms with E-state index in [4.69, 9.17) is 0 Å². The molecule has 4 nitrogen and oxygen atoms in total. The van der Waals surface area contributed by atoms with Crippen molar-refractivity contribution in [1.29, 1.82) is 0 Å². The van der Waals surface area contributed by atoms with Crippen LogP contribution in [0.5, 0.6) is 0 Å². The minimum absolute atomic E-state index is 0.0868. The highest BCUT2D eigenvalue weighted by atomic mass is 32.1. The number of benzene rings is 1. The summed E-state index contributed by atoms with van der Waals surface area (Å²) in [7, 11) is 0. The summed E-state index contributed by atoms with van der Waals surface area (Å²) in [4.78, 5) is 25.2. The minimum Gasteiger partial charge on any atom is -0.355 e. The molecule has 1 aliphatic rings. The molecule has 0 fully saturated rings. The number of hydrogen-bond donors (Lipinski definition) is 2. The van der Waals surface area contributed by atoms with E-state index in [-0.39, 0.29) is 18.2 Å². The lowest BCUT2D eigenvalue weighted by Gasteiger charge is -2.24. The van der Waals surface area contributed by atoms with Crippen LogP contribution in [0.3, 0.4) is 0 Å². The third kappa shape index (κ3) is 3.17. The second-order valence-corrected chi connectivity index (χ2v) is 6.19. The van der Waals surface area contributed by atoms with Gasteiger partial charge in [0, 0.05) is 23.5 Å². The largest absolute Gasteiger partial charge is 0.355 e. The molecule has 1 unspecified atom stereocenters. The van der Waals surface area contributed by atoms with Gasteiger partial charge in [-0.25, -0.2) is 4.39 Å². The van der Waals surface area contributed by atoms with Gasteiger partial charge in [-0.2, -0.15) is 0 Å². The number of halogens is 1. The lowest BCUT2D eigenvalue weighted by molar-refractivity contribution is -0.126. The third-order valence-electron chi connectivity index (χ3n) is 3.62. The fourth-order valence-corrected chi connectivity index (χ4v) is 3.27. The van der Waals surface area contributed by atoms with Crippen LogP contribution in [0, 0.1) is 5.82 Å². The summed E-state index contributed by atoms with van der Waals surface area (Å²) in [6.45, 7) is 0.522. The molecule has 1 aromatic carbocycles. The van der Waals surface area contributed by atoms with Gasteiger partial charge in [0.1, 0.15) is 5.82 Å². The Labute approximate surface area is 131 Å². The molecule has 1 aromatic heterocycles. The number of fused-ring (bicyclic) bond motifs is 1. The molecule has 2 heterocycles. The van der Waals surface area contributed by atoms with E-state index >= 15 is 0 Å². The monoisotopic (exact) mass is 318 g/mol. The number of carbonyl (C=O) groups is 2. The highest BCUT2D eigenvalue weighted by Crippen LogP contribution is 2.32. The number of carbonyl (C=O) groups excluding carboxylic acids is 2. The minimum atomic E-state index is -0.562. The Morgan fingerprint density at radius 2 is 2.27 bits per heavy atom. The van der Waals surface area contributed by atoms with Gasteiger partial charge in [-0.15, -0.1) is 11.3 Å². The first-order chi connectivity index (χ1) is 10.6. The molecule has 0 saturated heterocycles. The average Bonchev–Trinajstić information content (AvgIpc) is 2.99. The van der Waals surface area contributed by atoms with Crippen LogP contribution in [0.2, 0.25) is 0 Å². The molecule has 22 heavy (non-hydrogen) atoms. The third-order valence-corrected chi connectivity index (χ3v) is 4.56. The highest BCUT2D eigenvalue weighted by Gasteiger charge is 2.30. The molecule has 1 aliphatic heterocycles. The van der Waals surface area contributed by atoms with Crippen LogP contribution in [0.4, 0.5) is 10.1 Å². The van der Waals surface area contributed by atoms with Gasteiger partial charge >= 0.3 is 0 Å². The Kier molecular flexibility index (Phi) is 4.20. The van der Waals surface area contributed by atoms with E-state index in [0.29, 0.717) is 17.8 Å². The zero-order valence-electron chi connectivity index (χ0n) is 11.8. The molecule has 1 atom stereocenters. The van der Waals surface area contributed by atoms with Gasteiger partial charge in [-0.3, -0.25) is 9.59 Å². The van der Waals surface area contributed by atoms with E-state index in [9.17, 15) is 14.0 Å². The maximum absolute atomic E-state index is 13.3. The van der Waals surface area contributed by atoms with Crippen molar-refractivity contribution in [2.75, 3.05) is 11.9 Å². The molecule has 114 valence electrons. The molecular formula is C16H15FN2O2S. The van der Waals surface area contributed by atoms with Crippen LogP contribution in [-0.4, -0.2) is 18.4 Å². The molecule has 0 spiro atoms. The van der Waals surface area contributed by atoms with Crippen molar-refractivity contribution in [3.8, 4) is 0 Å². The van der Waals surface area contributed by atoms with Crippen LogP contribution >= 0.6 is 11.3 Å². The maximum atomic E-state index is 13.3. The van der Waals surface area contributed by atoms with Gasteiger partial charge in [0.05, 0.1) is 5.92 Å². The summed E-state index contributed by atoms with van der Waals surface area (Å²) in [5.74, 6) is -1.46. The molecule has 2 aromatic rings. The first kappa shape index (κ1) is 14.7. The van der Waals surface area contributed by atoms with Crippen molar-refractivity contribution in [2.45, 2.75) is 18.8 Å². The molecule has 0 radical (unpaired) electrons. The normalized spacial score (nSPS) is 16.8. The lowest BCUT2D eigenvalue weighted by atomic mass is 9.89. The second kappa shape index (κ2) is 6.27. The maximum Gasteiger partial charge on any atom is 0.228 e. The van der Waals surface area contributed by atoms with Crippen LogP contribution in [0.15, 0.2) is 35.7 Å². The zero-order chi connectivity index (χ0) is 15.5. The van der Waals surface area contributed by atoms with E-state index in [0.717, 1.165) is 6.42 Å². The molecule has 6 heteroatoms. The van der Waals surface area contributed by atoms with E-state index in [1.54, 1.807) is 17.4 Å². The number of anilines is 1. The molecule has 2 amide bonds. The van der Waals surface area contributed by atoms with Crippen molar-refractivity contribution in [2.24, 2.45) is 0 Å². The summed E-state index contributed by atoms with van der Waals surface area (Å²) in [6.07, 6.45) is 0.849. The van der Waals surface area contributed by atoms with E-state index < -0.39 is 11.7 Å². The topological polar surface area (TPSA) is 58.2 Å². The van der Waals surface area contributed by atoms with E-state index in [2.05, 4.69) is 10.6 Å². The van der Waals surface area contributed by atoms with Crippen molar-refractivity contribution < 1.29 is 14.0 Å².